The molecule has 0 aliphatic rings. The van der Waals surface area contributed by atoms with Crippen molar-refractivity contribution in [2.75, 3.05) is 18.1 Å². The number of urea groups is 1. The second-order valence-electron chi connectivity index (χ2n) is 3.72. The largest absolute Gasteiger partial charge is 0.481 e. The highest BCUT2D eigenvalue weighted by Crippen LogP contribution is 2.28. The van der Waals surface area contributed by atoms with Gasteiger partial charge in [0.25, 0.3) is 0 Å². The molecule has 7 heteroatoms. The SMILES string of the molecule is CSc1ccc(Cl)cc1NC(=O)NCCCC(=O)O. The van der Waals surface area contributed by atoms with Crippen LogP contribution in [0.1, 0.15) is 12.8 Å². The highest BCUT2D eigenvalue weighted by molar-refractivity contribution is 7.98. The molecule has 0 fully saturated rings. The maximum Gasteiger partial charge on any atom is 0.319 e. The number of carbonyl (C=O) groups is 2. The van der Waals surface area contributed by atoms with E-state index in [0.717, 1.165) is 4.90 Å². The van der Waals surface area contributed by atoms with E-state index in [4.69, 9.17) is 16.7 Å². The number of anilines is 1. The Labute approximate surface area is 120 Å². The number of halogens is 1. The average Bonchev–Trinajstić information content (AvgIpc) is 2.35. The first-order chi connectivity index (χ1) is 9.02. The molecule has 0 atom stereocenters. The van der Waals surface area contributed by atoms with Crippen molar-refractivity contribution < 1.29 is 14.7 Å². The monoisotopic (exact) mass is 302 g/mol. The molecular weight excluding hydrogens is 288 g/mol. The summed E-state index contributed by atoms with van der Waals surface area (Å²) in [4.78, 5) is 22.8. The first-order valence-corrected chi connectivity index (χ1v) is 7.23. The summed E-state index contributed by atoms with van der Waals surface area (Å²) in [5.41, 5.74) is 0.635. The molecule has 0 aliphatic carbocycles. The lowest BCUT2D eigenvalue weighted by Crippen LogP contribution is -2.30. The van der Waals surface area contributed by atoms with Gasteiger partial charge in [-0.25, -0.2) is 4.79 Å². The lowest BCUT2D eigenvalue weighted by molar-refractivity contribution is -0.137. The van der Waals surface area contributed by atoms with Crippen LogP contribution in [-0.4, -0.2) is 29.9 Å². The van der Waals surface area contributed by atoms with Crippen LogP contribution in [0.4, 0.5) is 10.5 Å². The van der Waals surface area contributed by atoms with E-state index in [2.05, 4.69) is 10.6 Å². The standard InChI is InChI=1S/C12H15ClN2O3S/c1-19-10-5-4-8(13)7-9(10)15-12(18)14-6-2-3-11(16)17/h4-5,7H,2-3,6H2,1H3,(H,16,17)(H2,14,15,18). The molecule has 0 saturated heterocycles. The van der Waals surface area contributed by atoms with Crippen molar-refractivity contribution in [1.82, 2.24) is 5.32 Å². The van der Waals surface area contributed by atoms with Crippen LogP contribution in [0.25, 0.3) is 0 Å². The number of rotatable bonds is 6. The predicted octanol–water partition coefficient (Wildman–Crippen LogP) is 3.05. The molecule has 0 aliphatic heterocycles. The number of thioether (sulfide) groups is 1. The van der Waals surface area contributed by atoms with Crippen LogP contribution in [0.15, 0.2) is 23.1 Å². The van der Waals surface area contributed by atoms with Gasteiger partial charge in [0.15, 0.2) is 0 Å². The Morgan fingerprint density at radius 1 is 1.42 bits per heavy atom. The lowest BCUT2D eigenvalue weighted by Gasteiger charge is -2.10. The summed E-state index contributed by atoms with van der Waals surface area (Å²) < 4.78 is 0. The molecule has 2 amide bonds. The topological polar surface area (TPSA) is 78.4 Å². The third-order valence-electron chi connectivity index (χ3n) is 2.26. The van der Waals surface area contributed by atoms with Crippen LogP contribution in [0.3, 0.4) is 0 Å². The zero-order valence-electron chi connectivity index (χ0n) is 10.4. The Balaban J connectivity index is 2.47. The van der Waals surface area contributed by atoms with Crippen LogP contribution in [0.2, 0.25) is 5.02 Å². The number of nitrogens with one attached hydrogen (secondary N) is 2. The molecule has 0 unspecified atom stereocenters. The molecular formula is C12H15ClN2O3S. The maximum absolute atomic E-state index is 11.6. The summed E-state index contributed by atoms with van der Waals surface area (Å²) in [7, 11) is 0. The van der Waals surface area contributed by atoms with Crippen LogP contribution >= 0.6 is 23.4 Å². The highest BCUT2D eigenvalue weighted by Gasteiger charge is 2.07. The molecule has 0 spiro atoms. The summed E-state index contributed by atoms with van der Waals surface area (Å²) in [6.07, 6.45) is 2.33. The smallest absolute Gasteiger partial charge is 0.319 e. The zero-order chi connectivity index (χ0) is 14.3. The van der Waals surface area contributed by atoms with Crippen molar-refractivity contribution in [3.63, 3.8) is 0 Å². The van der Waals surface area contributed by atoms with Gasteiger partial charge in [-0.2, -0.15) is 0 Å². The van der Waals surface area contributed by atoms with Gasteiger partial charge >= 0.3 is 12.0 Å². The Bertz CT molecular complexity index is 468. The van der Waals surface area contributed by atoms with Crippen molar-refractivity contribution in [1.29, 1.82) is 0 Å². The van der Waals surface area contributed by atoms with Crippen molar-refractivity contribution in [3.8, 4) is 0 Å². The number of carboxylic acid groups (broad SMARTS) is 1. The normalized spacial score (nSPS) is 10.0. The molecule has 104 valence electrons. The summed E-state index contributed by atoms with van der Waals surface area (Å²) in [6.45, 7) is 0.313. The van der Waals surface area contributed by atoms with E-state index in [9.17, 15) is 9.59 Å². The molecule has 0 bridgehead atoms. The van der Waals surface area contributed by atoms with Crippen LogP contribution in [-0.2, 0) is 4.79 Å². The van der Waals surface area contributed by atoms with Crippen molar-refractivity contribution in [2.24, 2.45) is 0 Å². The predicted molar refractivity (Wildman–Crippen MR) is 77.1 cm³/mol. The van der Waals surface area contributed by atoms with E-state index in [0.29, 0.717) is 23.7 Å². The average molecular weight is 303 g/mol. The lowest BCUT2D eigenvalue weighted by atomic mass is 10.3. The summed E-state index contributed by atoms with van der Waals surface area (Å²) in [5, 5.41) is 14.3. The molecule has 3 N–H and O–H groups in total. The van der Waals surface area contributed by atoms with Gasteiger partial charge in [-0.15, -0.1) is 11.8 Å². The van der Waals surface area contributed by atoms with Crippen LogP contribution in [0, 0.1) is 0 Å². The van der Waals surface area contributed by atoms with E-state index in [1.807, 2.05) is 12.3 Å². The van der Waals surface area contributed by atoms with E-state index in [-0.39, 0.29) is 12.5 Å². The number of hydrogen-bond acceptors (Lipinski definition) is 3. The van der Waals surface area contributed by atoms with Crippen LogP contribution < -0.4 is 10.6 Å². The van der Waals surface area contributed by atoms with Gasteiger partial charge in [0.2, 0.25) is 0 Å². The number of hydrogen-bond donors (Lipinski definition) is 3. The molecule has 0 radical (unpaired) electrons. The van der Waals surface area contributed by atoms with Gasteiger partial charge in [0.1, 0.15) is 0 Å². The first-order valence-electron chi connectivity index (χ1n) is 5.63. The third kappa shape index (κ3) is 5.85. The van der Waals surface area contributed by atoms with Gasteiger partial charge in [0, 0.05) is 22.9 Å². The Morgan fingerprint density at radius 3 is 2.79 bits per heavy atom. The molecule has 1 rings (SSSR count). The van der Waals surface area contributed by atoms with E-state index in [1.54, 1.807) is 12.1 Å². The van der Waals surface area contributed by atoms with Gasteiger partial charge < -0.3 is 15.7 Å². The molecule has 0 aromatic heterocycles. The fraction of sp³-hybridized carbons (Fsp3) is 0.333. The molecule has 5 nitrogen and oxygen atoms in total. The molecule has 1 aromatic rings. The minimum absolute atomic E-state index is 0.0352. The van der Waals surface area contributed by atoms with Crippen molar-refractivity contribution in [3.05, 3.63) is 23.2 Å². The number of amides is 2. The summed E-state index contributed by atoms with van der Waals surface area (Å²) >= 11 is 7.37. The van der Waals surface area contributed by atoms with Gasteiger partial charge in [-0.3, -0.25) is 4.79 Å². The maximum atomic E-state index is 11.6. The van der Waals surface area contributed by atoms with E-state index < -0.39 is 5.97 Å². The highest BCUT2D eigenvalue weighted by atomic mass is 35.5. The quantitative estimate of drug-likeness (QED) is 0.557. The minimum Gasteiger partial charge on any atom is -0.481 e. The minimum atomic E-state index is -0.873. The first kappa shape index (κ1) is 15.7. The van der Waals surface area contributed by atoms with Gasteiger partial charge in [0.05, 0.1) is 5.69 Å². The van der Waals surface area contributed by atoms with Crippen molar-refractivity contribution >= 4 is 41.1 Å². The summed E-state index contributed by atoms with van der Waals surface area (Å²) in [5.74, 6) is -0.873. The third-order valence-corrected chi connectivity index (χ3v) is 3.29. The van der Waals surface area contributed by atoms with Gasteiger partial charge in [-0.1, -0.05) is 11.6 Å². The Hall–Kier alpha value is -1.40. The molecule has 1 aromatic carbocycles. The van der Waals surface area contributed by atoms with Crippen LogP contribution in [0.5, 0.6) is 0 Å². The fourth-order valence-electron chi connectivity index (χ4n) is 1.39. The molecule has 19 heavy (non-hydrogen) atoms. The van der Waals surface area contributed by atoms with E-state index in [1.165, 1.54) is 11.8 Å². The molecule has 0 heterocycles. The second kappa shape index (κ2) is 7.91. The van der Waals surface area contributed by atoms with Gasteiger partial charge in [-0.05, 0) is 30.9 Å². The summed E-state index contributed by atoms with van der Waals surface area (Å²) in [6, 6.07) is 4.88. The van der Waals surface area contributed by atoms with Crippen molar-refractivity contribution in [2.45, 2.75) is 17.7 Å². The fourth-order valence-corrected chi connectivity index (χ4v) is 2.09. The zero-order valence-corrected chi connectivity index (χ0v) is 12.0. The number of benzene rings is 1. The number of aliphatic carboxylic acids is 1. The Kier molecular flexibility index (Phi) is 6.52. The van der Waals surface area contributed by atoms with E-state index >= 15 is 0 Å². The number of carboxylic acids is 1. The Morgan fingerprint density at radius 2 is 2.16 bits per heavy atom. The molecule has 0 saturated carbocycles. The second-order valence-corrected chi connectivity index (χ2v) is 5.01. The number of carbonyl (C=O) groups excluding carboxylic acids is 1.